The highest BCUT2D eigenvalue weighted by Crippen LogP contribution is 2.49. The summed E-state index contributed by atoms with van der Waals surface area (Å²) in [5.74, 6) is -2.83. The van der Waals surface area contributed by atoms with Crippen LogP contribution in [0.1, 0.15) is 55.2 Å². The Morgan fingerprint density at radius 2 is 1.32 bits per heavy atom. The molecule has 0 amide bonds. The van der Waals surface area contributed by atoms with E-state index in [-0.39, 0.29) is 11.8 Å². The molecule has 1 fully saturated rings. The van der Waals surface area contributed by atoms with Crippen LogP contribution in [0.5, 0.6) is 5.75 Å². The number of carboxylic acid groups (broad SMARTS) is 1. The number of aliphatic carboxylic acids is 1. The van der Waals surface area contributed by atoms with E-state index in [4.69, 9.17) is 33.2 Å². The van der Waals surface area contributed by atoms with E-state index >= 15 is 0 Å². The van der Waals surface area contributed by atoms with Gasteiger partial charge in [0.2, 0.25) is 5.79 Å². The second-order valence-corrected chi connectivity index (χ2v) is 10.2. The Hall–Kier alpha value is -3.19. The fourth-order valence-corrected chi connectivity index (χ4v) is 4.87. The Labute approximate surface area is 225 Å². The summed E-state index contributed by atoms with van der Waals surface area (Å²) in [5, 5.41) is 20.3. The fraction of sp³-hybridized carbons (Fsp3) is 0.344. The van der Waals surface area contributed by atoms with Crippen LogP contribution in [-0.4, -0.2) is 40.6 Å². The summed E-state index contributed by atoms with van der Waals surface area (Å²) in [6, 6.07) is 26.2. The van der Waals surface area contributed by atoms with Crippen molar-refractivity contribution >= 4 is 5.97 Å². The van der Waals surface area contributed by atoms with Crippen molar-refractivity contribution in [1.82, 2.24) is 0 Å². The molecule has 1 aliphatic heterocycles. The summed E-state index contributed by atoms with van der Waals surface area (Å²) in [7, 11) is 0. The van der Waals surface area contributed by atoms with Gasteiger partial charge in [0.25, 0.3) is 0 Å². The third-order valence-corrected chi connectivity index (χ3v) is 6.88. The monoisotopic (exact) mass is 514 g/mol. The molecule has 0 saturated carbocycles. The van der Waals surface area contributed by atoms with E-state index in [9.17, 15) is 9.90 Å². The first-order valence-electron chi connectivity index (χ1n) is 12.7. The topological polar surface area (TPSA) is 85.2 Å². The van der Waals surface area contributed by atoms with Crippen molar-refractivity contribution in [3.63, 3.8) is 0 Å². The SMILES string of the molecule is [CH]C(CC1OC(c2ccc(OCC(=O)O)cc2)(C(C)(C)O)OC1CC([CH])c1ccccc1)c1ccccc1. The van der Waals surface area contributed by atoms with Gasteiger partial charge in [-0.25, -0.2) is 4.79 Å². The van der Waals surface area contributed by atoms with Crippen LogP contribution < -0.4 is 4.74 Å². The average Bonchev–Trinajstić information content (AvgIpc) is 3.27. The zero-order valence-corrected chi connectivity index (χ0v) is 21.7. The van der Waals surface area contributed by atoms with Crippen molar-refractivity contribution in [2.75, 3.05) is 6.61 Å². The smallest absolute Gasteiger partial charge is 0.341 e. The minimum Gasteiger partial charge on any atom is -0.482 e. The molecule has 0 bridgehead atoms. The lowest BCUT2D eigenvalue weighted by Crippen LogP contribution is -2.49. The first-order chi connectivity index (χ1) is 18.1. The summed E-state index contributed by atoms with van der Waals surface area (Å²) in [6.07, 6.45) is -0.0227. The molecule has 0 aliphatic carbocycles. The molecular formula is C32H34O6. The quantitative estimate of drug-likeness (QED) is 0.345. The molecule has 38 heavy (non-hydrogen) atoms. The van der Waals surface area contributed by atoms with E-state index in [0.717, 1.165) is 11.1 Å². The minimum atomic E-state index is -1.51. The van der Waals surface area contributed by atoms with Crippen LogP contribution >= 0.6 is 0 Å². The lowest BCUT2D eigenvalue weighted by molar-refractivity contribution is -0.279. The van der Waals surface area contributed by atoms with Gasteiger partial charge in [-0.3, -0.25) is 0 Å². The zero-order chi connectivity index (χ0) is 27.3. The number of hydrogen-bond donors (Lipinski definition) is 2. The van der Waals surface area contributed by atoms with Crippen LogP contribution in [-0.2, 0) is 20.1 Å². The lowest BCUT2D eigenvalue weighted by atomic mass is 9.88. The molecular weight excluding hydrogens is 480 g/mol. The standard InChI is InChI=1S/C32H34O6/c1-22(24-11-7-5-8-12-24)19-28-29(20-23(2)25-13-9-6-10-14-25)38-32(37-28,31(3,4)35)26-15-17-27(18-16-26)36-21-30(33)34/h1-2,5-18,22-23,28-29,35H,19-21H2,3-4H3,(H,33,34). The summed E-state index contributed by atoms with van der Waals surface area (Å²) in [6.45, 7) is 16.0. The first-order valence-corrected chi connectivity index (χ1v) is 12.7. The molecule has 1 saturated heterocycles. The van der Waals surface area contributed by atoms with Gasteiger partial charge >= 0.3 is 5.97 Å². The van der Waals surface area contributed by atoms with Gasteiger partial charge in [0.15, 0.2) is 6.61 Å². The minimum absolute atomic E-state index is 0.315. The summed E-state index contributed by atoms with van der Waals surface area (Å²) >= 11 is 0. The number of ether oxygens (including phenoxy) is 3. The normalized spacial score (nSPS) is 23.1. The van der Waals surface area contributed by atoms with Gasteiger partial charge in [-0.15, -0.1) is 0 Å². The van der Waals surface area contributed by atoms with Gasteiger partial charge in [0, 0.05) is 5.56 Å². The number of hydrogen-bond acceptors (Lipinski definition) is 5. The number of benzene rings is 3. The number of carbonyl (C=O) groups is 1. The summed E-state index contributed by atoms with van der Waals surface area (Å²) < 4.78 is 18.5. The van der Waals surface area contributed by atoms with Crippen molar-refractivity contribution in [2.24, 2.45) is 0 Å². The van der Waals surface area contributed by atoms with Crippen LogP contribution in [0.3, 0.4) is 0 Å². The summed E-state index contributed by atoms with van der Waals surface area (Å²) in [4.78, 5) is 10.9. The first kappa shape index (κ1) is 27.8. The van der Waals surface area contributed by atoms with Crippen LogP contribution in [0, 0.1) is 13.8 Å². The molecule has 6 heteroatoms. The van der Waals surface area contributed by atoms with Crippen LogP contribution in [0.4, 0.5) is 0 Å². The second kappa shape index (κ2) is 11.7. The lowest BCUT2D eigenvalue weighted by Gasteiger charge is -2.39. The maximum absolute atomic E-state index is 11.4. The van der Waals surface area contributed by atoms with Crippen LogP contribution in [0.15, 0.2) is 84.9 Å². The van der Waals surface area contributed by atoms with Crippen LogP contribution in [0.25, 0.3) is 0 Å². The largest absolute Gasteiger partial charge is 0.482 e. The Bertz CT molecular complexity index is 1110. The van der Waals surface area contributed by atoms with Gasteiger partial charge < -0.3 is 24.4 Å². The molecule has 1 aliphatic rings. The van der Waals surface area contributed by atoms with Crippen molar-refractivity contribution < 1.29 is 29.2 Å². The predicted molar refractivity (Wildman–Crippen MR) is 143 cm³/mol. The van der Waals surface area contributed by atoms with Gasteiger partial charge in [-0.05, 0) is 87.8 Å². The highest BCUT2D eigenvalue weighted by molar-refractivity contribution is 5.68. The maximum Gasteiger partial charge on any atom is 0.341 e. The molecule has 2 N–H and O–H groups in total. The van der Waals surface area contributed by atoms with Crippen molar-refractivity contribution in [1.29, 1.82) is 0 Å². The number of aliphatic hydroxyl groups is 1. The molecule has 3 aromatic rings. The molecule has 4 atom stereocenters. The van der Waals surface area contributed by atoms with E-state index in [0.29, 0.717) is 24.2 Å². The van der Waals surface area contributed by atoms with Gasteiger partial charge in [0.1, 0.15) is 11.4 Å². The highest BCUT2D eigenvalue weighted by atomic mass is 16.8. The molecule has 0 spiro atoms. The molecule has 1 heterocycles. The van der Waals surface area contributed by atoms with Crippen LogP contribution in [0.2, 0.25) is 0 Å². The fourth-order valence-electron chi connectivity index (χ4n) is 4.87. The zero-order valence-electron chi connectivity index (χ0n) is 21.7. The van der Waals surface area contributed by atoms with Crippen molar-refractivity contribution in [3.8, 4) is 5.75 Å². The third kappa shape index (κ3) is 6.26. The third-order valence-electron chi connectivity index (χ3n) is 6.88. The molecule has 198 valence electrons. The average molecular weight is 515 g/mol. The molecule has 3 aromatic carbocycles. The summed E-state index contributed by atoms with van der Waals surface area (Å²) in [5.41, 5.74) is 1.07. The molecule has 0 aromatic heterocycles. The van der Waals surface area contributed by atoms with Crippen molar-refractivity contribution in [2.45, 2.75) is 62.1 Å². The molecule has 4 unspecified atom stereocenters. The second-order valence-electron chi connectivity index (χ2n) is 10.2. The van der Waals surface area contributed by atoms with E-state index in [1.807, 2.05) is 60.7 Å². The van der Waals surface area contributed by atoms with E-state index in [1.54, 1.807) is 38.1 Å². The van der Waals surface area contributed by atoms with Crippen molar-refractivity contribution in [3.05, 3.63) is 115 Å². The molecule has 4 radical (unpaired) electrons. The Morgan fingerprint density at radius 1 is 0.868 bits per heavy atom. The number of carboxylic acids is 1. The molecule has 6 nitrogen and oxygen atoms in total. The number of rotatable bonds is 11. The van der Waals surface area contributed by atoms with E-state index < -0.39 is 36.2 Å². The Morgan fingerprint density at radius 3 is 1.71 bits per heavy atom. The molecule has 4 rings (SSSR count). The Balaban J connectivity index is 1.65. The Kier molecular flexibility index (Phi) is 8.56. The highest BCUT2D eigenvalue weighted by Gasteiger charge is 2.57. The van der Waals surface area contributed by atoms with Gasteiger partial charge in [0.05, 0.1) is 12.2 Å². The maximum atomic E-state index is 11.4. The van der Waals surface area contributed by atoms with Gasteiger partial charge in [-0.1, -0.05) is 60.7 Å². The van der Waals surface area contributed by atoms with E-state index in [2.05, 4.69) is 0 Å². The predicted octanol–water partition coefficient (Wildman–Crippen LogP) is 5.63. The van der Waals surface area contributed by atoms with Gasteiger partial charge in [-0.2, -0.15) is 0 Å². The van der Waals surface area contributed by atoms with E-state index in [1.165, 1.54) is 0 Å².